The van der Waals surface area contributed by atoms with Crippen LogP contribution in [0, 0.1) is 0 Å². The Morgan fingerprint density at radius 1 is 1.39 bits per heavy atom. The van der Waals surface area contributed by atoms with E-state index in [1.165, 1.54) is 19.1 Å². The quantitative estimate of drug-likeness (QED) is 0.609. The number of ether oxygens (including phenoxy) is 1. The average Bonchev–Trinajstić information content (AvgIpc) is 2.43. The van der Waals surface area contributed by atoms with Crippen LogP contribution < -0.4 is 5.32 Å². The van der Waals surface area contributed by atoms with Crippen molar-refractivity contribution in [1.82, 2.24) is 5.32 Å². The summed E-state index contributed by atoms with van der Waals surface area (Å²) in [6.07, 6.45) is 3.30. The number of hydrogen-bond acceptors (Lipinski definition) is 4. The molecule has 0 aliphatic rings. The van der Waals surface area contributed by atoms with Crippen molar-refractivity contribution < 1.29 is 9.53 Å². The Labute approximate surface area is 113 Å². The Bertz CT molecular complexity index is 365. The number of thioether (sulfide) groups is 1. The van der Waals surface area contributed by atoms with Gasteiger partial charge < -0.3 is 10.1 Å². The van der Waals surface area contributed by atoms with Crippen molar-refractivity contribution in [3.8, 4) is 0 Å². The smallest absolute Gasteiger partial charge is 0.337 e. The van der Waals surface area contributed by atoms with E-state index in [-0.39, 0.29) is 5.97 Å². The zero-order chi connectivity index (χ0) is 13.4. The molecule has 1 N–H and O–H groups in total. The standard InChI is InChI=1S/C14H21NO2S/c1-11(18-3)8-9-15-10-12-4-6-13(7-5-12)14(16)17-2/h4-7,11,15H,8-10H2,1-3H3. The third-order valence-corrected chi connectivity index (χ3v) is 3.87. The lowest BCUT2D eigenvalue weighted by molar-refractivity contribution is 0.0600. The zero-order valence-electron chi connectivity index (χ0n) is 11.2. The third-order valence-electron chi connectivity index (χ3n) is 2.83. The van der Waals surface area contributed by atoms with E-state index in [1.54, 1.807) is 12.1 Å². The summed E-state index contributed by atoms with van der Waals surface area (Å²) < 4.78 is 4.66. The first-order valence-electron chi connectivity index (χ1n) is 6.08. The number of rotatable bonds is 7. The van der Waals surface area contributed by atoms with E-state index in [2.05, 4.69) is 23.2 Å². The maximum absolute atomic E-state index is 11.3. The monoisotopic (exact) mass is 267 g/mol. The van der Waals surface area contributed by atoms with Crippen LogP contribution in [0.3, 0.4) is 0 Å². The van der Waals surface area contributed by atoms with Gasteiger partial charge in [0, 0.05) is 11.8 Å². The number of esters is 1. The Kier molecular flexibility index (Phi) is 6.83. The maximum Gasteiger partial charge on any atom is 0.337 e. The number of carbonyl (C=O) groups is 1. The molecule has 1 aromatic carbocycles. The van der Waals surface area contributed by atoms with Gasteiger partial charge in [0.2, 0.25) is 0 Å². The second-order valence-electron chi connectivity index (χ2n) is 4.20. The van der Waals surface area contributed by atoms with Crippen molar-refractivity contribution in [3.63, 3.8) is 0 Å². The van der Waals surface area contributed by atoms with Crippen LogP contribution >= 0.6 is 11.8 Å². The first-order chi connectivity index (χ1) is 8.67. The molecule has 0 fully saturated rings. The van der Waals surface area contributed by atoms with Crippen LogP contribution in [0.4, 0.5) is 0 Å². The molecule has 0 aromatic heterocycles. The molecule has 0 heterocycles. The molecule has 4 heteroatoms. The van der Waals surface area contributed by atoms with Crippen LogP contribution in [0.2, 0.25) is 0 Å². The number of hydrogen-bond donors (Lipinski definition) is 1. The molecule has 1 unspecified atom stereocenters. The average molecular weight is 267 g/mol. The van der Waals surface area contributed by atoms with E-state index in [1.807, 2.05) is 23.9 Å². The van der Waals surface area contributed by atoms with E-state index in [0.29, 0.717) is 10.8 Å². The summed E-state index contributed by atoms with van der Waals surface area (Å²) in [5.41, 5.74) is 1.77. The van der Waals surface area contributed by atoms with E-state index >= 15 is 0 Å². The van der Waals surface area contributed by atoms with Crippen molar-refractivity contribution in [2.24, 2.45) is 0 Å². The molecular weight excluding hydrogens is 246 g/mol. The van der Waals surface area contributed by atoms with Gasteiger partial charge in [0.05, 0.1) is 12.7 Å². The fourth-order valence-electron chi connectivity index (χ4n) is 1.53. The second-order valence-corrected chi connectivity index (χ2v) is 5.48. The highest BCUT2D eigenvalue weighted by Gasteiger charge is 2.04. The molecule has 0 aliphatic carbocycles. The Balaban J connectivity index is 2.33. The topological polar surface area (TPSA) is 38.3 Å². The molecule has 1 atom stereocenters. The molecule has 100 valence electrons. The molecular formula is C14H21NO2S. The number of carbonyl (C=O) groups excluding carboxylic acids is 1. The molecule has 0 radical (unpaired) electrons. The Morgan fingerprint density at radius 2 is 2.06 bits per heavy atom. The summed E-state index contributed by atoms with van der Waals surface area (Å²) in [6, 6.07) is 7.51. The number of methoxy groups -OCH3 is 1. The van der Waals surface area contributed by atoms with Gasteiger partial charge in [-0.25, -0.2) is 4.79 Å². The minimum atomic E-state index is -0.289. The molecule has 1 rings (SSSR count). The van der Waals surface area contributed by atoms with Gasteiger partial charge >= 0.3 is 5.97 Å². The minimum absolute atomic E-state index is 0.289. The lowest BCUT2D eigenvalue weighted by atomic mass is 10.1. The van der Waals surface area contributed by atoms with Crippen LogP contribution in [0.25, 0.3) is 0 Å². The van der Waals surface area contributed by atoms with E-state index in [0.717, 1.165) is 13.1 Å². The van der Waals surface area contributed by atoms with Gasteiger partial charge in [-0.2, -0.15) is 11.8 Å². The van der Waals surface area contributed by atoms with E-state index < -0.39 is 0 Å². The van der Waals surface area contributed by atoms with Crippen LogP contribution in [-0.4, -0.2) is 31.1 Å². The molecule has 0 saturated heterocycles. The highest BCUT2D eigenvalue weighted by molar-refractivity contribution is 7.99. The molecule has 0 spiro atoms. The predicted octanol–water partition coefficient (Wildman–Crippen LogP) is 2.70. The van der Waals surface area contributed by atoms with E-state index in [4.69, 9.17) is 0 Å². The highest BCUT2D eigenvalue weighted by atomic mass is 32.2. The maximum atomic E-state index is 11.3. The molecule has 0 saturated carbocycles. The van der Waals surface area contributed by atoms with Gasteiger partial charge in [-0.3, -0.25) is 0 Å². The van der Waals surface area contributed by atoms with Crippen molar-refractivity contribution >= 4 is 17.7 Å². The molecule has 0 bridgehead atoms. The van der Waals surface area contributed by atoms with Crippen LogP contribution in [0.1, 0.15) is 29.3 Å². The van der Waals surface area contributed by atoms with Gasteiger partial charge in [0.1, 0.15) is 0 Å². The third kappa shape index (κ3) is 5.10. The lowest BCUT2D eigenvalue weighted by Crippen LogP contribution is -2.17. The van der Waals surface area contributed by atoms with Gasteiger partial charge in [-0.1, -0.05) is 19.1 Å². The molecule has 18 heavy (non-hydrogen) atoms. The van der Waals surface area contributed by atoms with Gasteiger partial charge in [-0.05, 0) is 36.9 Å². The second kappa shape index (κ2) is 8.16. The summed E-state index contributed by atoms with van der Waals surface area (Å²) in [5, 5.41) is 4.09. The summed E-state index contributed by atoms with van der Waals surface area (Å²) in [7, 11) is 1.39. The summed E-state index contributed by atoms with van der Waals surface area (Å²) in [6.45, 7) is 4.08. The molecule has 0 aliphatic heterocycles. The predicted molar refractivity (Wildman–Crippen MR) is 77.1 cm³/mol. The van der Waals surface area contributed by atoms with Gasteiger partial charge in [0.25, 0.3) is 0 Å². The SMILES string of the molecule is COC(=O)c1ccc(CNCCC(C)SC)cc1. The number of benzene rings is 1. The van der Waals surface area contributed by atoms with Crippen LogP contribution in [0.5, 0.6) is 0 Å². The summed E-state index contributed by atoms with van der Waals surface area (Å²) in [4.78, 5) is 11.3. The van der Waals surface area contributed by atoms with Crippen LogP contribution in [-0.2, 0) is 11.3 Å². The number of nitrogens with one attached hydrogen (secondary N) is 1. The van der Waals surface area contributed by atoms with Gasteiger partial charge in [0.15, 0.2) is 0 Å². The summed E-state index contributed by atoms with van der Waals surface area (Å²) >= 11 is 1.89. The first kappa shape index (κ1) is 15.1. The molecule has 1 aromatic rings. The van der Waals surface area contributed by atoms with Crippen molar-refractivity contribution in [1.29, 1.82) is 0 Å². The van der Waals surface area contributed by atoms with Crippen molar-refractivity contribution in [3.05, 3.63) is 35.4 Å². The largest absolute Gasteiger partial charge is 0.465 e. The summed E-state index contributed by atoms with van der Waals surface area (Å²) in [5.74, 6) is -0.289. The van der Waals surface area contributed by atoms with Crippen molar-refractivity contribution in [2.75, 3.05) is 19.9 Å². The minimum Gasteiger partial charge on any atom is -0.465 e. The first-order valence-corrected chi connectivity index (χ1v) is 7.37. The van der Waals surface area contributed by atoms with Crippen molar-refractivity contribution in [2.45, 2.75) is 25.1 Å². The highest BCUT2D eigenvalue weighted by Crippen LogP contribution is 2.09. The zero-order valence-corrected chi connectivity index (χ0v) is 12.0. The van der Waals surface area contributed by atoms with Crippen LogP contribution in [0.15, 0.2) is 24.3 Å². The molecule has 0 amide bonds. The fraction of sp³-hybridized carbons (Fsp3) is 0.500. The Morgan fingerprint density at radius 3 is 2.61 bits per heavy atom. The normalized spacial score (nSPS) is 12.2. The Hall–Kier alpha value is -1.00. The molecule has 3 nitrogen and oxygen atoms in total. The van der Waals surface area contributed by atoms with E-state index in [9.17, 15) is 4.79 Å². The lowest BCUT2D eigenvalue weighted by Gasteiger charge is -2.09. The van der Waals surface area contributed by atoms with Gasteiger partial charge in [-0.15, -0.1) is 0 Å². The fourth-order valence-corrected chi connectivity index (χ4v) is 1.89.